The molecule has 0 aliphatic carbocycles. The van der Waals surface area contributed by atoms with Crippen LogP contribution >= 0.6 is 22.6 Å². The normalized spacial score (nSPS) is 10.3. The number of hydroxylamine groups is 1. The van der Waals surface area contributed by atoms with E-state index in [0.29, 0.717) is 0 Å². The maximum Gasteiger partial charge on any atom is 0.436 e. The standard InChI is InChI=1S/C14H13FIN3O4/c1-19-12(20)6-5-11(23-14(21)18-22-2)13(19)17-10-4-3-8(16)7-9(10)15/h3-7,17H,1-2H3,(H,18,21). The second kappa shape index (κ2) is 7.42. The number of pyridine rings is 1. The van der Waals surface area contributed by atoms with Crippen LogP contribution in [-0.2, 0) is 11.9 Å². The molecule has 1 aromatic carbocycles. The van der Waals surface area contributed by atoms with Gasteiger partial charge in [-0.05, 0) is 46.9 Å². The summed E-state index contributed by atoms with van der Waals surface area (Å²) in [5.41, 5.74) is 1.78. The lowest BCUT2D eigenvalue weighted by Gasteiger charge is -2.16. The van der Waals surface area contributed by atoms with Crippen LogP contribution in [0.5, 0.6) is 5.75 Å². The molecular weight excluding hydrogens is 420 g/mol. The van der Waals surface area contributed by atoms with Crippen LogP contribution in [0.15, 0.2) is 35.1 Å². The number of hydrogen-bond donors (Lipinski definition) is 2. The molecule has 0 atom stereocenters. The Kier molecular flexibility index (Phi) is 5.55. The highest BCUT2D eigenvalue weighted by molar-refractivity contribution is 14.1. The van der Waals surface area contributed by atoms with Crippen LogP contribution in [0.3, 0.4) is 0 Å². The number of carbonyl (C=O) groups is 1. The summed E-state index contributed by atoms with van der Waals surface area (Å²) >= 11 is 1.98. The van der Waals surface area contributed by atoms with Gasteiger partial charge < -0.3 is 10.1 Å². The van der Waals surface area contributed by atoms with Crippen molar-refractivity contribution in [2.75, 3.05) is 12.4 Å². The largest absolute Gasteiger partial charge is 0.436 e. The molecule has 2 N–H and O–H groups in total. The number of aromatic nitrogens is 1. The van der Waals surface area contributed by atoms with Gasteiger partial charge in [-0.25, -0.2) is 9.18 Å². The third-order valence-corrected chi connectivity index (χ3v) is 3.52. The number of halogens is 2. The summed E-state index contributed by atoms with van der Waals surface area (Å²) in [6.45, 7) is 0. The van der Waals surface area contributed by atoms with Crippen molar-refractivity contribution in [3.63, 3.8) is 0 Å². The zero-order chi connectivity index (χ0) is 17.0. The molecule has 0 saturated heterocycles. The van der Waals surface area contributed by atoms with Gasteiger partial charge in [0.25, 0.3) is 5.56 Å². The number of hydrogen-bond acceptors (Lipinski definition) is 5. The van der Waals surface area contributed by atoms with Crippen LogP contribution in [0, 0.1) is 9.39 Å². The molecule has 0 aliphatic heterocycles. The first-order valence-electron chi connectivity index (χ1n) is 6.35. The molecule has 0 saturated carbocycles. The van der Waals surface area contributed by atoms with E-state index in [9.17, 15) is 14.0 Å². The number of amides is 1. The Labute approximate surface area is 144 Å². The monoisotopic (exact) mass is 433 g/mol. The van der Waals surface area contributed by atoms with Crippen molar-refractivity contribution in [3.05, 3.63) is 50.1 Å². The fourth-order valence-electron chi connectivity index (χ4n) is 1.76. The van der Waals surface area contributed by atoms with Crippen molar-refractivity contribution < 1.29 is 18.8 Å². The van der Waals surface area contributed by atoms with Crippen molar-refractivity contribution in [1.29, 1.82) is 0 Å². The summed E-state index contributed by atoms with van der Waals surface area (Å²) in [5, 5.41) is 2.76. The number of benzene rings is 1. The zero-order valence-electron chi connectivity index (χ0n) is 12.2. The Morgan fingerprint density at radius 3 is 2.70 bits per heavy atom. The number of nitrogens with one attached hydrogen (secondary N) is 2. The molecule has 1 heterocycles. The molecule has 1 amide bonds. The quantitative estimate of drug-likeness (QED) is 0.573. The van der Waals surface area contributed by atoms with E-state index in [-0.39, 0.29) is 22.8 Å². The Hall–Kier alpha value is -2.14. The minimum atomic E-state index is -0.878. The molecule has 0 aliphatic rings. The third-order valence-electron chi connectivity index (χ3n) is 2.85. The first kappa shape index (κ1) is 17.2. The summed E-state index contributed by atoms with van der Waals surface area (Å²) in [6, 6.07) is 7.09. The van der Waals surface area contributed by atoms with Crippen molar-refractivity contribution in [1.82, 2.24) is 10.0 Å². The van der Waals surface area contributed by atoms with E-state index in [2.05, 4.69) is 10.2 Å². The first-order chi connectivity index (χ1) is 10.9. The number of anilines is 2. The van der Waals surface area contributed by atoms with E-state index in [1.807, 2.05) is 28.1 Å². The van der Waals surface area contributed by atoms with Crippen molar-refractivity contribution in [3.8, 4) is 5.75 Å². The Morgan fingerprint density at radius 2 is 2.04 bits per heavy atom. The van der Waals surface area contributed by atoms with Crippen LogP contribution in [0.4, 0.5) is 20.7 Å². The molecule has 7 nitrogen and oxygen atoms in total. The van der Waals surface area contributed by atoms with Crippen LogP contribution in [0.2, 0.25) is 0 Å². The van der Waals surface area contributed by atoms with Gasteiger partial charge in [-0.1, -0.05) is 0 Å². The van der Waals surface area contributed by atoms with Gasteiger partial charge in [0.1, 0.15) is 5.82 Å². The molecule has 0 bridgehead atoms. The van der Waals surface area contributed by atoms with Gasteiger partial charge in [-0.3, -0.25) is 14.2 Å². The second-order valence-electron chi connectivity index (χ2n) is 4.39. The van der Waals surface area contributed by atoms with Gasteiger partial charge in [0.15, 0.2) is 11.6 Å². The lowest BCUT2D eigenvalue weighted by molar-refractivity contribution is 0.0846. The average Bonchev–Trinajstić information content (AvgIpc) is 2.49. The van der Waals surface area contributed by atoms with E-state index >= 15 is 0 Å². The number of nitrogens with zero attached hydrogens (tertiary/aromatic N) is 1. The minimum absolute atomic E-state index is 0.0413. The van der Waals surface area contributed by atoms with Crippen LogP contribution in [0.1, 0.15) is 0 Å². The maximum atomic E-state index is 14.0. The van der Waals surface area contributed by atoms with Crippen LogP contribution < -0.4 is 21.1 Å². The molecular formula is C14H13FIN3O4. The number of carbonyl (C=O) groups excluding carboxylic acids is 1. The Bertz CT molecular complexity index is 794. The average molecular weight is 433 g/mol. The van der Waals surface area contributed by atoms with Gasteiger partial charge in [0.2, 0.25) is 0 Å². The fraction of sp³-hybridized carbons (Fsp3) is 0.143. The second-order valence-corrected chi connectivity index (χ2v) is 5.63. The molecule has 2 rings (SSSR count). The minimum Gasteiger partial charge on any atom is -0.405 e. The highest BCUT2D eigenvalue weighted by atomic mass is 127. The molecule has 0 radical (unpaired) electrons. The highest BCUT2D eigenvalue weighted by Crippen LogP contribution is 2.27. The van der Waals surface area contributed by atoms with Gasteiger partial charge in [-0.15, -0.1) is 0 Å². The van der Waals surface area contributed by atoms with Crippen LogP contribution in [-0.4, -0.2) is 17.8 Å². The van der Waals surface area contributed by atoms with Crippen molar-refractivity contribution in [2.24, 2.45) is 7.05 Å². The molecule has 9 heteroatoms. The van der Waals surface area contributed by atoms with Gasteiger partial charge in [-0.2, -0.15) is 5.48 Å². The van der Waals surface area contributed by atoms with E-state index in [0.717, 1.165) is 3.57 Å². The lowest BCUT2D eigenvalue weighted by atomic mass is 10.3. The summed E-state index contributed by atoms with van der Waals surface area (Å²) in [6.07, 6.45) is -0.878. The van der Waals surface area contributed by atoms with E-state index in [4.69, 9.17) is 4.74 Å². The molecule has 1 aromatic heterocycles. The summed E-state index contributed by atoms with van der Waals surface area (Å²) in [4.78, 5) is 27.7. The third kappa shape index (κ3) is 4.20. The summed E-state index contributed by atoms with van der Waals surface area (Å²) < 4.78 is 21.0. The first-order valence-corrected chi connectivity index (χ1v) is 7.43. The van der Waals surface area contributed by atoms with Gasteiger partial charge >= 0.3 is 6.09 Å². The fourth-order valence-corrected chi connectivity index (χ4v) is 2.22. The Morgan fingerprint density at radius 1 is 1.30 bits per heavy atom. The lowest BCUT2D eigenvalue weighted by Crippen LogP contribution is -2.27. The Balaban J connectivity index is 2.41. The predicted molar refractivity (Wildman–Crippen MR) is 90.3 cm³/mol. The molecule has 0 unspecified atom stereocenters. The van der Waals surface area contributed by atoms with Crippen LogP contribution in [0.25, 0.3) is 0 Å². The number of ether oxygens (including phenoxy) is 1. The summed E-state index contributed by atoms with van der Waals surface area (Å²) in [5.74, 6) is -0.330. The smallest absolute Gasteiger partial charge is 0.405 e. The van der Waals surface area contributed by atoms with E-state index in [1.165, 1.54) is 43.0 Å². The van der Waals surface area contributed by atoms with Gasteiger partial charge in [0.05, 0.1) is 12.8 Å². The molecule has 23 heavy (non-hydrogen) atoms. The van der Waals surface area contributed by atoms with Gasteiger partial charge in [0, 0.05) is 16.7 Å². The van der Waals surface area contributed by atoms with E-state index < -0.39 is 11.9 Å². The molecule has 0 fully saturated rings. The van der Waals surface area contributed by atoms with Crippen molar-refractivity contribution >= 4 is 40.2 Å². The zero-order valence-corrected chi connectivity index (χ0v) is 14.4. The number of rotatable bonds is 4. The SMILES string of the molecule is CONC(=O)Oc1ccc(=O)n(C)c1Nc1ccc(I)cc1F. The summed E-state index contributed by atoms with van der Waals surface area (Å²) in [7, 11) is 2.72. The topological polar surface area (TPSA) is 81.6 Å². The predicted octanol–water partition coefficient (Wildman–Crippen LogP) is 2.52. The maximum absolute atomic E-state index is 14.0. The van der Waals surface area contributed by atoms with E-state index in [1.54, 1.807) is 6.07 Å². The molecule has 2 aromatic rings. The molecule has 0 spiro atoms. The van der Waals surface area contributed by atoms with Crippen molar-refractivity contribution in [2.45, 2.75) is 0 Å². The molecule has 122 valence electrons. The highest BCUT2D eigenvalue weighted by Gasteiger charge is 2.14.